The average Bonchev–Trinajstić information content (AvgIpc) is 2.78. The number of nitrogens with zero attached hydrogens (tertiary/aromatic N) is 1. The van der Waals surface area contributed by atoms with Crippen molar-refractivity contribution in [3.63, 3.8) is 0 Å². The molecule has 1 aromatic heterocycles. The van der Waals surface area contributed by atoms with Gasteiger partial charge in [-0.2, -0.15) is 11.8 Å². The van der Waals surface area contributed by atoms with Gasteiger partial charge >= 0.3 is 5.97 Å². The standard InChI is InChI=1S/C12H16N2O2S/c1-8-5-9(12(15)16)6-11(14-8)13-7-10-3-2-4-17-10/h5-6,10H,2-4,7H2,1H3,(H,13,14)(H,15,16). The average molecular weight is 252 g/mol. The normalized spacial score (nSPS) is 19.2. The van der Waals surface area contributed by atoms with E-state index in [2.05, 4.69) is 10.3 Å². The summed E-state index contributed by atoms with van der Waals surface area (Å²) in [7, 11) is 0. The lowest BCUT2D eigenvalue weighted by Crippen LogP contribution is -2.15. The fourth-order valence-electron chi connectivity index (χ4n) is 1.91. The van der Waals surface area contributed by atoms with Gasteiger partial charge in [0.25, 0.3) is 0 Å². The first-order valence-electron chi connectivity index (χ1n) is 5.72. The molecule has 5 heteroatoms. The van der Waals surface area contributed by atoms with Crippen molar-refractivity contribution in [1.82, 2.24) is 4.98 Å². The molecular weight excluding hydrogens is 236 g/mol. The number of carboxylic acid groups (broad SMARTS) is 1. The smallest absolute Gasteiger partial charge is 0.335 e. The molecular formula is C12H16N2O2S. The van der Waals surface area contributed by atoms with Crippen molar-refractivity contribution in [2.75, 3.05) is 17.6 Å². The second-order valence-corrected chi connectivity index (χ2v) is 5.61. The summed E-state index contributed by atoms with van der Waals surface area (Å²) in [5, 5.41) is 12.8. The van der Waals surface area contributed by atoms with E-state index in [1.165, 1.54) is 18.6 Å². The van der Waals surface area contributed by atoms with Gasteiger partial charge in [0.1, 0.15) is 5.82 Å². The molecule has 1 unspecified atom stereocenters. The van der Waals surface area contributed by atoms with Crippen molar-refractivity contribution < 1.29 is 9.90 Å². The van der Waals surface area contributed by atoms with E-state index in [0.29, 0.717) is 16.6 Å². The topological polar surface area (TPSA) is 62.2 Å². The van der Waals surface area contributed by atoms with Gasteiger partial charge in [0, 0.05) is 17.5 Å². The highest BCUT2D eigenvalue weighted by Crippen LogP contribution is 2.26. The molecule has 17 heavy (non-hydrogen) atoms. The molecule has 0 saturated carbocycles. The van der Waals surface area contributed by atoms with Gasteiger partial charge in [0.05, 0.1) is 5.56 Å². The molecule has 0 bridgehead atoms. The van der Waals surface area contributed by atoms with Crippen LogP contribution in [0.1, 0.15) is 28.9 Å². The number of aromatic carboxylic acids is 1. The van der Waals surface area contributed by atoms with Crippen molar-refractivity contribution in [1.29, 1.82) is 0 Å². The van der Waals surface area contributed by atoms with E-state index in [9.17, 15) is 4.79 Å². The van der Waals surface area contributed by atoms with Crippen molar-refractivity contribution in [2.45, 2.75) is 25.0 Å². The molecule has 92 valence electrons. The van der Waals surface area contributed by atoms with Crippen LogP contribution in [0.25, 0.3) is 0 Å². The Balaban J connectivity index is 2.01. The van der Waals surface area contributed by atoms with Gasteiger partial charge in [0.2, 0.25) is 0 Å². The lowest BCUT2D eigenvalue weighted by Gasteiger charge is -2.11. The van der Waals surface area contributed by atoms with Crippen molar-refractivity contribution in [3.05, 3.63) is 23.4 Å². The molecule has 2 heterocycles. The molecule has 1 fully saturated rings. The van der Waals surface area contributed by atoms with E-state index < -0.39 is 5.97 Å². The molecule has 1 aromatic rings. The monoisotopic (exact) mass is 252 g/mol. The third-order valence-electron chi connectivity index (χ3n) is 2.74. The molecule has 2 N–H and O–H groups in total. The Hall–Kier alpha value is -1.23. The largest absolute Gasteiger partial charge is 0.478 e. The molecule has 0 aromatic carbocycles. The summed E-state index contributed by atoms with van der Waals surface area (Å²) >= 11 is 1.97. The highest BCUT2D eigenvalue weighted by Gasteiger charge is 2.15. The number of nitrogens with one attached hydrogen (secondary N) is 1. The number of hydrogen-bond donors (Lipinski definition) is 2. The zero-order valence-corrected chi connectivity index (χ0v) is 10.6. The molecule has 1 aliphatic rings. The Morgan fingerprint density at radius 2 is 2.47 bits per heavy atom. The number of thioether (sulfide) groups is 1. The number of aryl methyl sites for hydroxylation is 1. The predicted octanol–water partition coefficient (Wildman–Crippen LogP) is 2.40. The first-order chi connectivity index (χ1) is 8.15. The van der Waals surface area contributed by atoms with E-state index >= 15 is 0 Å². The molecule has 0 spiro atoms. The van der Waals surface area contributed by atoms with Crippen LogP contribution in [0, 0.1) is 6.92 Å². The Bertz CT molecular complexity index is 417. The van der Waals surface area contributed by atoms with Crippen LogP contribution >= 0.6 is 11.8 Å². The third kappa shape index (κ3) is 3.36. The van der Waals surface area contributed by atoms with Gasteiger partial charge in [0.15, 0.2) is 0 Å². The maximum absolute atomic E-state index is 10.9. The lowest BCUT2D eigenvalue weighted by atomic mass is 10.2. The van der Waals surface area contributed by atoms with Crippen LogP contribution in [0.3, 0.4) is 0 Å². The number of hydrogen-bond acceptors (Lipinski definition) is 4. The fourth-order valence-corrected chi connectivity index (χ4v) is 3.11. The zero-order valence-electron chi connectivity index (χ0n) is 9.77. The Morgan fingerprint density at radius 1 is 1.65 bits per heavy atom. The Kier molecular flexibility index (Phi) is 3.89. The lowest BCUT2D eigenvalue weighted by molar-refractivity contribution is 0.0696. The molecule has 2 rings (SSSR count). The highest BCUT2D eigenvalue weighted by molar-refractivity contribution is 8.00. The second-order valence-electron chi connectivity index (χ2n) is 4.20. The van der Waals surface area contributed by atoms with Crippen molar-refractivity contribution in [2.24, 2.45) is 0 Å². The van der Waals surface area contributed by atoms with E-state index in [1.807, 2.05) is 18.7 Å². The van der Waals surface area contributed by atoms with Crippen LogP contribution < -0.4 is 5.32 Å². The van der Waals surface area contributed by atoms with Crippen LogP contribution in [-0.4, -0.2) is 33.6 Å². The first kappa shape index (κ1) is 12.2. The fraction of sp³-hybridized carbons (Fsp3) is 0.500. The highest BCUT2D eigenvalue weighted by atomic mass is 32.2. The number of aromatic nitrogens is 1. The molecule has 0 aliphatic carbocycles. The number of pyridine rings is 1. The maximum atomic E-state index is 10.9. The SMILES string of the molecule is Cc1cc(C(=O)O)cc(NCC2CCCS2)n1. The van der Waals surface area contributed by atoms with Gasteiger partial charge in [-0.3, -0.25) is 0 Å². The van der Waals surface area contributed by atoms with Crippen molar-refractivity contribution >= 4 is 23.5 Å². The molecule has 0 radical (unpaired) electrons. The second kappa shape index (κ2) is 5.40. The number of anilines is 1. The van der Waals surface area contributed by atoms with E-state index in [-0.39, 0.29) is 0 Å². The van der Waals surface area contributed by atoms with Gasteiger partial charge in [-0.1, -0.05) is 0 Å². The summed E-state index contributed by atoms with van der Waals surface area (Å²) in [5.74, 6) is 0.984. The molecule has 1 saturated heterocycles. The number of carbonyl (C=O) groups is 1. The first-order valence-corrected chi connectivity index (χ1v) is 6.77. The molecule has 1 aliphatic heterocycles. The van der Waals surface area contributed by atoms with Crippen LogP contribution in [0.15, 0.2) is 12.1 Å². The van der Waals surface area contributed by atoms with Crippen LogP contribution in [0.4, 0.5) is 5.82 Å². The number of rotatable bonds is 4. The summed E-state index contributed by atoms with van der Waals surface area (Å²) < 4.78 is 0. The van der Waals surface area contributed by atoms with Gasteiger partial charge in [-0.15, -0.1) is 0 Å². The van der Waals surface area contributed by atoms with Crippen LogP contribution in [0.2, 0.25) is 0 Å². The summed E-state index contributed by atoms with van der Waals surface area (Å²) in [6, 6.07) is 3.17. The Morgan fingerprint density at radius 3 is 3.12 bits per heavy atom. The van der Waals surface area contributed by atoms with Crippen LogP contribution in [-0.2, 0) is 0 Å². The van der Waals surface area contributed by atoms with E-state index in [4.69, 9.17) is 5.11 Å². The summed E-state index contributed by atoms with van der Waals surface area (Å²) in [6.45, 7) is 2.67. The van der Waals surface area contributed by atoms with Crippen molar-refractivity contribution in [3.8, 4) is 0 Å². The quantitative estimate of drug-likeness (QED) is 0.861. The van der Waals surface area contributed by atoms with E-state index in [0.717, 1.165) is 12.2 Å². The predicted molar refractivity (Wildman–Crippen MR) is 69.9 cm³/mol. The minimum Gasteiger partial charge on any atom is -0.478 e. The molecule has 0 amide bonds. The van der Waals surface area contributed by atoms with Gasteiger partial charge in [-0.25, -0.2) is 9.78 Å². The number of carboxylic acids is 1. The summed E-state index contributed by atoms with van der Waals surface area (Å²) in [6.07, 6.45) is 2.51. The van der Waals surface area contributed by atoms with Gasteiger partial charge < -0.3 is 10.4 Å². The summed E-state index contributed by atoms with van der Waals surface area (Å²) in [5.41, 5.74) is 1.02. The van der Waals surface area contributed by atoms with Gasteiger partial charge in [-0.05, 0) is 37.7 Å². The minimum atomic E-state index is -0.909. The summed E-state index contributed by atoms with van der Waals surface area (Å²) in [4.78, 5) is 15.2. The van der Waals surface area contributed by atoms with E-state index in [1.54, 1.807) is 12.1 Å². The Labute approximate surface area is 105 Å². The van der Waals surface area contributed by atoms with Crippen LogP contribution in [0.5, 0.6) is 0 Å². The third-order valence-corrected chi connectivity index (χ3v) is 4.13. The zero-order chi connectivity index (χ0) is 12.3. The maximum Gasteiger partial charge on any atom is 0.335 e. The molecule has 1 atom stereocenters. The molecule has 4 nitrogen and oxygen atoms in total. The minimum absolute atomic E-state index is 0.291.